The Balaban J connectivity index is 1.12. The Morgan fingerprint density at radius 2 is 1.65 bits per heavy atom. The molecule has 0 bridgehead atoms. The van der Waals surface area contributed by atoms with E-state index in [0.717, 1.165) is 27.7 Å². The summed E-state index contributed by atoms with van der Waals surface area (Å²) < 4.78 is 18.6. The van der Waals surface area contributed by atoms with Crippen LogP contribution in [0.25, 0.3) is 16.5 Å². The van der Waals surface area contributed by atoms with Gasteiger partial charge in [0, 0.05) is 47.4 Å². The van der Waals surface area contributed by atoms with Crippen molar-refractivity contribution in [1.82, 2.24) is 20.1 Å². The molecule has 1 fully saturated rings. The molecule has 4 amide bonds. The van der Waals surface area contributed by atoms with Gasteiger partial charge in [-0.25, -0.2) is 19.3 Å². The summed E-state index contributed by atoms with van der Waals surface area (Å²) >= 11 is 0. The van der Waals surface area contributed by atoms with Crippen molar-refractivity contribution in [3.8, 4) is 17.2 Å². The van der Waals surface area contributed by atoms with Gasteiger partial charge in [-0.15, -0.1) is 0 Å². The van der Waals surface area contributed by atoms with E-state index in [1.165, 1.54) is 6.20 Å². The van der Waals surface area contributed by atoms with E-state index >= 15 is 0 Å². The number of hydrogen-bond donors (Lipinski definition) is 4. The van der Waals surface area contributed by atoms with E-state index in [4.69, 9.17) is 19.3 Å². The van der Waals surface area contributed by atoms with Crippen molar-refractivity contribution in [3.63, 3.8) is 0 Å². The van der Waals surface area contributed by atoms with Gasteiger partial charge in [-0.1, -0.05) is 62.7 Å². The zero-order valence-electron chi connectivity index (χ0n) is 29.0. The summed E-state index contributed by atoms with van der Waals surface area (Å²) in [6.45, 7) is 9.04. The van der Waals surface area contributed by atoms with Crippen molar-refractivity contribution in [2.24, 2.45) is 0 Å². The first kappa shape index (κ1) is 34.9. The molecule has 264 valence electrons. The molecule has 13 nitrogen and oxygen atoms in total. The topological polar surface area (TPSA) is 158 Å². The lowest BCUT2D eigenvalue weighted by Gasteiger charge is -2.22. The summed E-state index contributed by atoms with van der Waals surface area (Å²) in [5, 5.41) is 17.4. The molecule has 1 saturated heterocycles. The lowest BCUT2D eigenvalue weighted by molar-refractivity contribution is -0.115. The Labute approximate surface area is 295 Å². The number of amides is 4. The largest absolute Gasteiger partial charge is 0.457 e. The van der Waals surface area contributed by atoms with Crippen molar-refractivity contribution >= 4 is 46.1 Å². The highest BCUT2D eigenvalue weighted by molar-refractivity contribution is 6.07. The van der Waals surface area contributed by atoms with Crippen molar-refractivity contribution < 1.29 is 28.6 Å². The third-order valence-electron chi connectivity index (χ3n) is 8.19. The molecule has 1 aliphatic rings. The molecule has 2 aromatic heterocycles. The van der Waals surface area contributed by atoms with Crippen LogP contribution in [0.4, 0.5) is 26.9 Å². The first-order valence-electron chi connectivity index (χ1n) is 16.8. The molecular weight excluding hydrogens is 650 g/mol. The number of carbonyl (C=O) groups is 3. The van der Waals surface area contributed by atoms with Crippen LogP contribution in [0.5, 0.6) is 11.5 Å². The highest BCUT2D eigenvalue weighted by Gasteiger charge is 2.22. The fraction of sp³-hybridized carbons (Fsp3) is 0.289. The number of nitrogens with one attached hydrogen (secondary N) is 4. The van der Waals surface area contributed by atoms with Crippen LogP contribution in [0.1, 0.15) is 44.9 Å². The Kier molecular flexibility index (Phi) is 10.5. The van der Waals surface area contributed by atoms with Crippen LogP contribution >= 0.6 is 0 Å². The minimum atomic E-state index is -0.659. The predicted molar refractivity (Wildman–Crippen MR) is 195 cm³/mol. The van der Waals surface area contributed by atoms with E-state index in [9.17, 15) is 14.4 Å². The first-order valence-corrected chi connectivity index (χ1v) is 16.8. The summed E-state index contributed by atoms with van der Waals surface area (Å²) in [7, 11) is 0. The number of hydrogen-bond acceptors (Lipinski definition) is 8. The molecule has 0 radical (unpaired) electrons. The number of urea groups is 1. The Morgan fingerprint density at radius 1 is 0.902 bits per heavy atom. The molecule has 51 heavy (non-hydrogen) atoms. The SMILES string of the molecule is Cc1ccc(-n2nc(C(C)(C)C)cc2NC(=O)Nc2ccc(Oc3ccnc(NC(=O)CNC(=O)OC4CCOCC4)c3)c3ccccc23)cc1. The summed E-state index contributed by atoms with van der Waals surface area (Å²) in [6, 6.07) is 23.7. The zero-order valence-corrected chi connectivity index (χ0v) is 29.0. The maximum atomic E-state index is 13.4. The number of carbonyl (C=O) groups excluding carboxylic acids is 3. The van der Waals surface area contributed by atoms with Gasteiger partial charge in [-0.3, -0.25) is 10.1 Å². The van der Waals surface area contributed by atoms with E-state index in [2.05, 4.69) is 47.0 Å². The molecule has 6 rings (SSSR count). The standard InChI is InChI=1S/C38H41N7O6/c1-24-9-11-25(12-10-24)45-34(22-32(44-45)38(2,3)4)43-36(47)41-30-13-14-31(29-8-6-5-7-28(29)30)50-27-15-18-39-33(21-27)42-35(46)23-40-37(48)51-26-16-19-49-20-17-26/h5-15,18,21-22,26H,16-17,19-20,23H2,1-4H3,(H,40,48)(H,39,42,46)(H2,41,43,47). The van der Waals surface area contributed by atoms with Crippen molar-refractivity contribution in [2.75, 3.05) is 35.7 Å². The zero-order chi connectivity index (χ0) is 36.0. The summed E-state index contributed by atoms with van der Waals surface area (Å²) in [6.07, 6.45) is 1.87. The van der Waals surface area contributed by atoms with Crippen LogP contribution in [0, 0.1) is 6.92 Å². The molecule has 0 aliphatic carbocycles. The number of nitrogens with zero attached hydrogens (tertiary/aromatic N) is 3. The minimum Gasteiger partial charge on any atom is -0.457 e. The fourth-order valence-corrected chi connectivity index (χ4v) is 5.46. The van der Waals surface area contributed by atoms with Crippen molar-refractivity contribution in [2.45, 2.75) is 52.1 Å². The molecule has 13 heteroatoms. The van der Waals surface area contributed by atoms with E-state index < -0.39 is 18.0 Å². The maximum absolute atomic E-state index is 13.4. The average Bonchev–Trinajstić information content (AvgIpc) is 3.54. The summed E-state index contributed by atoms with van der Waals surface area (Å²) in [4.78, 5) is 42.2. The van der Waals surface area contributed by atoms with Gasteiger partial charge >= 0.3 is 12.1 Å². The highest BCUT2D eigenvalue weighted by Crippen LogP contribution is 2.35. The lowest BCUT2D eigenvalue weighted by atomic mass is 9.92. The van der Waals surface area contributed by atoms with Gasteiger partial charge in [0.15, 0.2) is 0 Å². The molecule has 0 spiro atoms. The van der Waals surface area contributed by atoms with Crippen LogP contribution in [-0.2, 0) is 19.7 Å². The van der Waals surface area contributed by atoms with Gasteiger partial charge in [0.25, 0.3) is 0 Å². The molecule has 3 heterocycles. The number of ether oxygens (including phenoxy) is 3. The van der Waals surface area contributed by atoms with E-state index in [1.807, 2.05) is 61.5 Å². The number of pyridine rings is 1. The van der Waals surface area contributed by atoms with Crippen LogP contribution in [0.2, 0.25) is 0 Å². The summed E-state index contributed by atoms with van der Waals surface area (Å²) in [5.41, 5.74) is 3.15. The molecule has 3 aromatic carbocycles. The smallest absolute Gasteiger partial charge is 0.407 e. The molecule has 1 aliphatic heterocycles. The van der Waals surface area contributed by atoms with E-state index in [0.29, 0.717) is 49.1 Å². The second kappa shape index (κ2) is 15.3. The Morgan fingerprint density at radius 3 is 2.39 bits per heavy atom. The van der Waals surface area contributed by atoms with Gasteiger partial charge in [-0.05, 0) is 37.3 Å². The molecule has 4 N–H and O–H groups in total. The van der Waals surface area contributed by atoms with Crippen LogP contribution in [-0.4, -0.2) is 58.7 Å². The number of rotatable bonds is 9. The number of alkyl carbamates (subject to hydrolysis) is 1. The Bertz CT molecular complexity index is 2030. The third-order valence-corrected chi connectivity index (χ3v) is 8.19. The lowest BCUT2D eigenvalue weighted by Crippen LogP contribution is -2.36. The molecule has 5 aromatic rings. The monoisotopic (exact) mass is 691 g/mol. The maximum Gasteiger partial charge on any atom is 0.407 e. The van der Waals surface area contributed by atoms with Crippen LogP contribution < -0.4 is 26.0 Å². The number of fused-ring (bicyclic) bond motifs is 1. The first-order chi connectivity index (χ1) is 24.5. The van der Waals surface area contributed by atoms with Gasteiger partial charge in [0.05, 0.1) is 30.3 Å². The van der Waals surface area contributed by atoms with Gasteiger partial charge in [-0.2, -0.15) is 5.10 Å². The number of anilines is 3. The van der Waals surface area contributed by atoms with Crippen LogP contribution in [0.15, 0.2) is 85.1 Å². The molecule has 0 saturated carbocycles. The van der Waals surface area contributed by atoms with Gasteiger partial charge < -0.3 is 30.2 Å². The molecule has 0 unspecified atom stereocenters. The van der Waals surface area contributed by atoms with Crippen molar-refractivity contribution in [3.05, 3.63) is 96.3 Å². The normalized spacial score (nSPS) is 13.3. The van der Waals surface area contributed by atoms with Gasteiger partial charge in [0.2, 0.25) is 5.91 Å². The second-order valence-electron chi connectivity index (χ2n) is 13.2. The third kappa shape index (κ3) is 9.00. The fourth-order valence-electron chi connectivity index (χ4n) is 5.46. The van der Waals surface area contributed by atoms with E-state index in [1.54, 1.807) is 28.9 Å². The predicted octanol–water partition coefficient (Wildman–Crippen LogP) is 7.31. The Hall–Kier alpha value is -5.95. The van der Waals surface area contributed by atoms with E-state index in [-0.39, 0.29) is 23.9 Å². The number of aryl methyl sites for hydroxylation is 1. The van der Waals surface area contributed by atoms with Crippen molar-refractivity contribution in [1.29, 1.82) is 0 Å². The number of benzene rings is 3. The molecule has 0 atom stereocenters. The summed E-state index contributed by atoms with van der Waals surface area (Å²) in [5.74, 6) is 1.27. The quantitative estimate of drug-likeness (QED) is 0.125. The van der Waals surface area contributed by atoms with Gasteiger partial charge in [0.1, 0.15) is 35.8 Å². The van der Waals surface area contributed by atoms with Crippen LogP contribution in [0.3, 0.4) is 0 Å². The highest BCUT2D eigenvalue weighted by atomic mass is 16.6. The number of aromatic nitrogens is 3. The second-order valence-corrected chi connectivity index (χ2v) is 13.2. The average molecular weight is 692 g/mol. The molecular formula is C38H41N7O6. The minimum absolute atomic E-state index is 0.225.